The van der Waals surface area contributed by atoms with Gasteiger partial charge >= 0.3 is 5.97 Å². The van der Waals surface area contributed by atoms with Gasteiger partial charge in [0, 0.05) is 32.2 Å². The Labute approximate surface area is 107 Å². The van der Waals surface area contributed by atoms with Crippen molar-refractivity contribution in [2.24, 2.45) is 0 Å². The van der Waals surface area contributed by atoms with Gasteiger partial charge in [-0.3, -0.25) is 9.80 Å². The maximum atomic E-state index is 10.7. The Balaban J connectivity index is 1.85. The number of nitrogens with zero attached hydrogens (tertiary/aromatic N) is 2. The number of piperazine rings is 1. The summed E-state index contributed by atoms with van der Waals surface area (Å²) >= 11 is 0. The lowest BCUT2D eigenvalue weighted by Crippen LogP contribution is -2.48. The molecule has 1 fully saturated rings. The number of carboxylic acids is 1. The first-order valence-electron chi connectivity index (χ1n) is 6.33. The summed E-state index contributed by atoms with van der Waals surface area (Å²) in [7, 11) is 0. The van der Waals surface area contributed by atoms with Crippen LogP contribution in [0, 0.1) is 0 Å². The van der Waals surface area contributed by atoms with Crippen LogP contribution in [0.1, 0.15) is 30.0 Å². The molecular weight excluding hydrogens is 232 g/mol. The minimum atomic E-state index is -0.936. The molecule has 1 saturated heterocycles. The zero-order valence-corrected chi connectivity index (χ0v) is 10.9. The monoisotopic (exact) mass is 252 g/mol. The normalized spacial score (nSPS) is 18.4. The lowest BCUT2D eigenvalue weighted by Gasteiger charge is -2.36. The summed E-state index contributed by atoms with van der Waals surface area (Å²) in [5.41, 5.74) is 0.228. The molecule has 0 unspecified atom stereocenters. The second kappa shape index (κ2) is 5.54. The smallest absolute Gasteiger partial charge is 0.338 e. The van der Waals surface area contributed by atoms with Gasteiger partial charge in [-0.25, -0.2) is 4.79 Å². The molecule has 2 heterocycles. The van der Waals surface area contributed by atoms with Gasteiger partial charge in [-0.05, 0) is 19.9 Å². The van der Waals surface area contributed by atoms with E-state index in [1.54, 1.807) is 6.07 Å². The molecule has 0 radical (unpaired) electrons. The van der Waals surface area contributed by atoms with E-state index >= 15 is 0 Å². The van der Waals surface area contributed by atoms with Gasteiger partial charge in [-0.2, -0.15) is 0 Å². The van der Waals surface area contributed by atoms with E-state index in [0.717, 1.165) is 31.9 Å². The number of carboxylic acid groups (broad SMARTS) is 1. The molecule has 0 atom stereocenters. The first kappa shape index (κ1) is 13.1. The van der Waals surface area contributed by atoms with Crippen molar-refractivity contribution in [1.29, 1.82) is 0 Å². The summed E-state index contributed by atoms with van der Waals surface area (Å²) in [4.78, 5) is 15.5. The van der Waals surface area contributed by atoms with Gasteiger partial charge in [0.2, 0.25) is 0 Å². The molecule has 100 valence electrons. The van der Waals surface area contributed by atoms with Gasteiger partial charge < -0.3 is 9.52 Å². The second-order valence-corrected chi connectivity index (χ2v) is 5.01. The molecule has 0 bridgehead atoms. The molecule has 5 heteroatoms. The molecule has 2 rings (SSSR count). The second-order valence-electron chi connectivity index (χ2n) is 5.01. The summed E-state index contributed by atoms with van der Waals surface area (Å²) < 4.78 is 5.27. The number of hydrogen-bond acceptors (Lipinski definition) is 4. The van der Waals surface area contributed by atoms with Crippen LogP contribution >= 0.6 is 0 Å². The van der Waals surface area contributed by atoms with Crippen LogP contribution in [0.5, 0.6) is 0 Å². The lowest BCUT2D eigenvalue weighted by molar-refractivity contribution is 0.0696. The summed E-state index contributed by atoms with van der Waals surface area (Å²) in [6, 6.07) is 2.20. The zero-order valence-electron chi connectivity index (χ0n) is 10.9. The fraction of sp³-hybridized carbons (Fsp3) is 0.615. The molecule has 0 aromatic carbocycles. The Morgan fingerprint density at radius 2 is 2.06 bits per heavy atom. The molecule has 1 N–H and O–H groups in total. The van der Waals surface area contributed by atoms with Crippen molar-refractivity contribution in [1.82, 2.24) is 9.80 Å². The minimum Gasteiger partial charge on any atom is -0.478 e. The van der Waals surface area contributed by atoms with Crippen LogP contribution < -0.4 is 0 Å². The van der Waals surface area contributed by atoms with E-state index in [-0.39, 0.29) is 5.56 Å². The van der Waals surface area contributed by atoms with Crippen molar-refractivity contribution < 1.29 is 14.3 Å². The molecule has 0 spiro atoms. The predicted molar refractivity (Wildman–Crippen MR) is 67.7 cm³/mol. The number of aromatic carboxylic acids is 1. The third kappa shape index (κ3) is 3.11. The zero-order chi connectivity index (χ0) is 13.1. The van der Waals surface area contributed by atoms with Crippen molar-refractivity contribution in [3.05, 3.63) is 23.7 Å². The van der Waals surface area contributed by atoms with Gasteiger partial charge in [0.25, 0.3) is 0 Å². The first-order chi connectivity index (χ1) is 8.56. The summed E-state index contributed by atoms with van der Waals surface area (Å²) in [6.07, 6.45) is 1.31. The van der Waals surface area contributed by atoms with Crippen molar-refractivity contribution in [3.8, 4) is 0 Å². The quantitative estimate of drug-likeness (QED) is 0.880. The number of carbonyl (C=O) groups is 1. The van der Waals surface area contributed by atoms with Crippen molar-refractivity contribution >= 4 is 5.97 Å². The molecular formula is C13H20N2O3. The lowest BCUT2D eigenvalue weighted by atomic mass is 10.2. The molecule has 0 saturated carbocycles. The molecule has 1 aromatic rings. The third-order valence-corrected chi connectivity index (χ3v) is 3.42. The first-order valence-corrected chi connectivity index (χ1v) is 6.33. The van der Waals surface area contributed by atoms with E-state index in [1.807, 2.05) is 0 Å². The average molecular weight is 252 g/mol. The van der Waals surface area contributed by atoms with Crippen LogP contribution in [0.25, 0.3) is 0 Å². The van der Waals surface area contributed by atoms with Crippen LogP contribution in [-0.2, 0) is 6.54 Å². The number of hydrogen-bond donors (Lipinski definition) is 1. The van der Waals surface area contributed by atoms with E-state index in [4.69, 9.17) is 9.52 Å². The molecule has 0 amide bonds. The van der Waals surface area contributed by atoms with E-state index < -0.39 is 5.97 Å². The summed E-state index contributed by atoms with van der Waals surface area (Å²) in [6.45, 7) is 9.23. The van der Waals surface area contributed by atoms with Crippen molar-refractivity contribution in [3.63, 3.8) is 0 Å². The topological polar surface area (TPSA) is 56.9 Å². The molecule has 0 aliphatic carbocycles. The Morgan fingerprint density at radius 1 is 1.39 bits per heavy atom. The van der Waals surface area contributed by atoms with Crippen LogP contribution in [-0.4, -0.2) is 53.1 Å². The van der Waals surface area contributed by atoms with Gasteiger partial charge in [0.05, 0.1) is 12.1 Å². The number of rotatable bonds is 4. The standard InChI is InChI=1S/C13H20N2O3/c1-10(2)15-5-3-14(4-6-15)8-12-7-11(9-18-12)13(16)17/h7,9-10H,3-6,8H2,1-2H3,(H,16,17). The van der Waals surface area contributed by atoms with Gasteiger partial charge in [-0.15, -0.1) is 0 Å². The van der Waals surface area contributed by atoms with Crippen LogP contribution in [0.2, 0.25) is 0 Å². The fourth-order valence-electron chi connectivity index (χ4n) is 2.23. The summed E-state index contributed by atoms with van der Waals surface area (Å²) in [5, 5.41) is 8.82. The Bertz CT molecular complexity index is 406. The highest BCUT2D eigenvalue weighted by Gasteiger charge is 2.20. The van der Waals surface area contributed by atoms with E-state index in [0.29, 0.717) is 12.6 Å². The van der Waals surface area contributed by atoms with Crippen LogP contribution in [0.15, 0.2) is 16.7 Å². The predicted octanol–water partition coefficient (Wildman–Crippen LogP) is 1.50. The molecule has 1 aliphatic rings. The third-order valence-electron chi connectivity index (χ3n) is 3.42. The van der Waals surface area contributed by atoms with Crippen LogP contribution in [0.3, 0.4) is 0 Å². The highest BCUT2D eigenvalue weighted by molar-refractivity contribution is 5.87. The SMILES string of the molecule is CC(C)N1CCN(Cc2cc(C(=O)O)co2)CC1. The van der Waals surface area contributed by atoms with Crippen LogP contribution in [0.4, 0.5) is 0 Å². The van der Waals surface area contributed by atoms with Gasteiger partial charge in [0.1, 0.15) is 12.0 Å². The van der Waals surface area contributed by atoms with Crippen molar-refractivity contribution in [2.45, 2.75) is 26.4 Å². The Hall–Kier alpha value is -1.33. The van der Waals surface area contributed by atoms with E-state index in [9.17, 15) is 4.79 Å². The molecule has 1 aromatic heterocycles. The maximum absolute atomic E-state index is 10.7. The summed E-state index contributed by atoms with van der Waals surface area (Å²) in [5.74, 6) is -0.208. The van der Waals surface area contributed by atoms with E-state index in [2.05, 4.69) is 23.6 Å². The molecule has 5 nitrogen and oxygen atoms in total. The van der Waals surface area contributed by atoms with Crippen molar-refractivity contribution in [2.75, 3.05) is 26.2 Å². The molecule has 1 aliphatic heterocycles. The fourth-order valence-corrected chi connectivity index (χ4v) is 2.23. The average Bonchev–Trinajstić information content (AvgIpc) is 2.78. The Morgan fingerprint density at radius 3 is 2.56 bits per heavy atom. The van der Waals surface area contributed by atoms with Gasteiger partial charge in [0.15, 0.2) is 0 Å². The molecule has 18 heavy (non-hydrogen) atoms. The number of furan rings is 1. The highest BCUT2D eigenvalue weighted by Crippen LogP contribution is 2.13. The van der Waals surface area contributed by atoms with E-state index in [1.165, 1.54) is 6.26 Å². The maximum Gasteiger partial charge on any atom is 0.338 e. The highest BCUT2D eigenvalue weighted by atomic mass is 16.4. The Kier molecular flexibility index (Phi) is 4.04. The largest absolute Gasteiger partial charge is 0.478 e. The van der Waals surface area contributed by atoms with Gasteiger partial charge in [-0.1, -0.05) is 0 Å². The minimum absolute atomic E-state index is 0.228.